The summed E-state index contributed by atoms with van der Waals surface area (Å²) in [4.78, 5) is 12.0. The highest BCUT2D eigenvalue weighted by Gasteiger charge is 2.07. The zero-order valence-electron chi connectivity index (χ0n) is 12.7. The molecule has 0 atom stereocenters. The maximum absolute atomic E-state index is 12.0. The predicted molar refractivity (Wildman–Crippen MR) is 101 cm³/mol. The highest BCUT2D eigenvalue weighted by molar-refractivity contribution is 6.42. The van der Waals surface area contributed by atoms with Crippen LogP contribution in [0.2, 0.25) is 15.1 Å². The number of nitrogens with zero attached hydrogens (tertiary/aromatic N) is 1. The standard InChI is InChI=1S/C18H11Cl3N2O2/c19-13-3-1-2-11(8-13)17-7-5-14(25-17)10-22-23-18(24)12-4-6-15(20)16(21)9-12/h1-10H,(H,23,24)/b22-10-. The Balaban J connectivity index is 1.66. The van der Waals surface area contributed by atoms with Crippen molar-refractivity contribution >= 4 is 46.9 Å². The summed E-state index contributed by atoms with van der Waals surface area (Å²) in [6.07, 6.45) is 1.41. The van der Waals surface area contributed by atoms with Gasteiger partial charge in [-0.15, -0.1) is 0 Å². The lowest BCUT2D eigenvalue weighted by molar-refractivity contribution is 0.0955. The molecular weight excluding hydrogens is 383 g/mol. The molecule has 0 aliphatic heterocycles. The molecule has 0 saturated carbocycles. The largest absolute Gasteiger partial charge is 0.455 e. The normalized spacial score (nSPS) is 11.0. The van der Waals surface area contributed by atoms with Crippen molar-refractivity contribution in [1.29, 1.82) is 0 Å². The van der Waals surface area contributed by atoms with Crippen LogP contribution in [0.3, 0.4) is 0 Å². The van der Waals surface area contributed by atoms with E-state index >= 15 is 0 Å². The number of halogens is 3. The van der Waals surface area contributed by atoms with Crippen LogP contribution in [0.15, 0.2) is 64.1 Å². The molecule has 0 spiro atoms. The Hall–Kier alpha value is -2.27. The van der Waals surface area contributed by atoms with Crippen LogP contribution in [0.1, 0.15) is 16.1 Å². The van der Waals surface area contributed by atoms with Gasteiger partial charge in [-0.3, -0.25) is 4.79 Å². The number of amides is 1. The van der Waals surface area contributed by atoms with E-state index in [1.165, 1.54) is 12.3 Å². The summed E-state index contributed by atoms with van der Waals surface area (Å²) in [5.74, 6) is 0.737. The van der Waals surface area contributed by atoms with Crippen molar-refractivity contribution in [2.24, 2.45) is 5.10 Å². The molecule has 0 saturated heterocycles. The quantitative estimate of drug-likeness (QED) is 0.458. The van der Waals surface area contributed by atoms with Gasteiger partial charge < -0.3 is 4.42 Å². The molecule has 0 unspecified atom stereocenters. The van der Waals surface area contributed by atoms with Gasteiger partial charge in [0.1, 0.15) is 11.5 Å². The number of benzene rings is 2. The van der Waals surface area contributed by atoms with Crippen LogP contribution >= 0.6 is 34.8 Å². The van der Waals surface area contributed by atoms with Gasteiger partial charge in [-0.05, 0) is 42.5 Å². The molecule has 126 valence electrons. The molecular formula is C18H11Cl3N2O2. The van der Waals surface area contributed by atoms with Crippen LogP contribution in [-0.2, 0) is 0 Å². The van der Waals surface area contributed by atoms with Crippen LogP contribution in [0.5, 0.6) is 0 Å². The summed E-state index contributed by atoms with van der Waals surface area (Å²) >= 11 is 17.7. The van der Waals surface area contributed by atoms with Gasteiger partial charge in [0.25, 0.3) is 5.91 Å². The Morgan fingerprint density at radius 3 is 2.60 bits per heavy atom. The van der Waals surface area contributed by atoms with E-state index < -0.39 is 5.91 Å². The van der Waals surface area contributed by atoms with Gasteiger partial charge in [0.15, 0.2) is 0 Å². The minimum atomic E-state index is -0.406. The van der Waals surface area contributed by atoms with Gasteiger partial charge in [0, 0.05) is 16.1 Å². The van der Waals surface area contributed by atoms with Crippen LogP contribution in [0.4, 0.5) is 0 Å². The molecule has 0 aliphatic carbocycles. The molecule has 0 radical (unpaired) electrons. The summed E-state index contributed by atoms with van der Waals surface area (Å²) in [6.45, 7) is 0. The first-order chi connectivity index (χ1) is 12.0. The summed E-state index contributed by atoms with van der Waals surface area (Å²) in [7, 11) is 0. The van der Waals surface area contributed by atoms with Gasteiger partial charge in [-0.25, -0.2) is 5.43 Å². The minimum Gasteiger partial charge on any atom is -0.455 e. The molecule has 2 aromatic carbocycles. The first-order valence-corrected chi connectivity index (χ1v) is 8.30. The van der Waals surface area contributed by atoms with Crippen molar-refractivity contribution in [1.82, 2.24) is 5.43 Å². The second kappa shape index (κ2) is 7.74. The van der Waals surface area contributed by atoms with Crippen molar-refractivity contribution in [2.45, 2.75) is 0 Å². The maximum Gasteiger partial charge on any atom is 0.271 e. The van der Waals surface area contributed by atoms with E-state index in [0.29, 0.717) is 32.2 Å². The van der Waals surface area contributed by atoms with Gasteiger partial charge >= 0.3 is 0 Å². The number of rotatable bonds is 4. The molecule has 1 aromatic heterocycles. The molecule has 3 rings (SSSR count). The fourth-order valence-corrected chi connectivity index (χ4v) is 2.56. The van der Waals surface area contributed by atoms with E-state index in [1.807, 2.05) is 12.1 Å². The highest BCUT2D eigenvalue weighted by Crippen LogP contribution is 2.24. The molecule has 1 N–H and O–H groups in total. The number of hydrazone groups is 1. The monoisotopic (exact) mass is 392 g/mol. The fraction of sp³-hybridized carbons (Fsp3) is 0. The summed E-state index contributed by atoms with van der Waals surface area (Å²) in [5, 5.41) is 5.18. The fourth-order valence-electron chi connectivity index (χ4n) is 2.08. The van der Waals surface area contributed by atoms with Crippen LogP contribution in [-0.4, -0.2) is 12.1 Å². The minimum absolute atomic E-state index is 0.301. The average Bonchev–Trinajstić information content (AvgIpc) is 3.06. The molecule has 7 heteroatoms. The van der Waals surface area contributed by atoms with E-state index in [0.717, 1.165) is 5.56 Å². The van der Waals surface area contributed by atoms with Crippen LogP contribution in [0, 0.1) is 0 Å². The SMILES string of the molecule is O=C(N/N=C\c1ccc(-c2cccc(Cl)c2)o1)c1ccc(Cl)c(Cl)c1. The molecule has 1 heterocycles. The first kappa shape index (κ1) is 17.5. The first-order valence-electron chi connectivity index (χ1n) is 7.17. The highest BCUT2D eigenvalue weighted by atomic mass is 35.5. The van der Waals surface area contributed by atoms with E-state index in [4.69, 9.17) is 39.2 Å². The lowest BCUT2D eigenvalue weighted by Gasteiger charge is -2.01. The average molecular weight is 394 g/mol. The van der Waals surface area contributed by atoms with Gasteiger partial charge in [-0.2, -0.15) is 5.10 Å². The Morgan fingerprint density at radius 1 is 1.00 bits per heavy atom. The number of hydrogen-bond acceptors (Lipinski definition) is 3. The topological polar surface area (TPSA) is 54.6 Å². The van der Waals surface area contributed by atoms with E-state index in [9.17, 15) is 4.79 Å². The second-order valence-electron chi connectivity index (χ2n) is 5.04. The third-order valence-electron chi connectivity index (χ3n) is 3.28. The van der Waals surface area contributed by atoms with Gasteiger partial charge in [-0.1, -0.05) is 46.9 Å². The molecule has 0 fully saturated rings. The molecule has 1 amide bonds. The molecule has 3 aromatic rings. The smallest absolute Gasteiger partial charge is 0.271 e. The Morgan fingerprint density at radius 2 is 1.84 bits per heavy atom. The van der Waals surface area contributed by atoms with E-state index in [1.54, 1.807) is 36.4 Å². The second-order valence-corrected chi connectivity index (χ2v) is 6.29. The van der Waals surface area contributed by atoms with Gasteiger partial charge in [0.2, 0.25) is 0 Å². The van der Waals surface area contributed by atoms with Crippen LogP contribution < -0.4 is 5.43 Å². The zero-order chi connectivity index (χ0) is 17.8. The van der Waals surface area contributed by atoms with Crippen molar-refractivity contribution in [3.63, 3.8) is 0 Å². The number of carbonyl (C=O) groups excluding carboxylic acids is 1. The van der Waals surface area contributed by atoms with Crippen molar-refractivity contribution in [3.8, 4) is 11.3 Å². The number of nitrogens with one attached hydrogen (secondary N) is 1. The number of hydrogen-bond donors (Lipinski definition) is 1. The molecule has 4 nitrogen and oxygen atoms in total. The van der Waals surface area contributed by atoms with Crippen molar-refractivity contribution in [3.05, 3.63) is 81.0 Å². The predicted octanol–water partition coefficient (Wildman–Crippen LogP) is 5.67. The number of furan rings is 1. The van der Waals surface area contributed by atoms with Crippen molar-refractivity contribution in [2.75, 3.05) is 0 Å². The summed E-state index contributed by atoms with van der Waals surface area (Å²) in [6, 6.07) is 15.4. The maximum atomic E-state index is 12.0. The summed E-state index contributed by atoms with van der Waals surface area (Å²) in [5.41, 5.74) is 3.61. The molecule has 25 heavy (non-hydrogen) atoms. The van der Waals surface area contributed by atoms with Crippen LogP contribution in [0.25, 0.3) is 11.3 Å². The zero-order valence-corrected chi connectivity index (χ0v) is 14.9. The summed E-state index contributed by atoms with van der Waals surface area (Å²) < 4.78 is 5.65. The lowest BCUT2D eigenvalue weighted by Crippen LogP contribution is -2.17. The Bertz CT molecular complexity index is 951. The Labute approximate surface area is 159 Å². The third-order valence-corrected chi connectivity index (χ3v) is 4.25. The molecule has 0 bridgehead atoms. The van der Waals surface area contributed by atoms with Crippen molar-refractivity contribution < 1.29 is 9.21 Å². The van der Waals surface area contributed by atoms with Gasteiger partial charge in [0.05, 0.1) is 16.3 Å². The molecule has 0 aliphatic rings. The van der Waals surface area contributed by atoms with E-state index in [2.05, 4.69) is 10.5 Å². The number of carbonyl (C=O) groups is 1. The third kappa shape index (κ3) is 4.42. The lowest BCUT2D eigenvalue weighted by atomic mass is 10.2. The Kier molecular flexibility index (Phi) is 5.43. The van der Waals surface area contributed by atoms with E-state index in [-0.39, 0.29) is 0 Å².